The molecule has 4 nitrogen and oxygen atoms in total. The number of hydrogen-bond acceptors (Lipinski definition) is 4. The lowest BCUT2D eigenvalue weighted by molar-refractivity contribution is 0.0721. The van der Waals surface area contributed by atoms with Crippen LogP contribution in [0.15, 0.2) is 18.3 Å². The number of likely N-dealkylation sites (N-methyl/N-ethyl adjacent to an activating group) is 1. The second-order valence-electron chi connectivity index (χ2n) is 4.54. The highest BCUT2D eigenvalue weighted by Gasteiger charge is 2.18. The van der Waals surface area contributed by atoms with Gasteiger partial charge in [-0.3, -0.25) is 9.88 Å². The Kier molecular flexibility index (Phi) is 4.34. The molecule has 17 heavy (non-hydrogen) atoms. The first kappa shape index (κ1) is 12.3. The van der Waals surface area contributed by atoms with Crippen LogP contribution in [0.5, 0.6) is 0 Å². The molecule has 0 spiro atoms. The molecule has 2 N–H and O–H groups in total. The van der Waals surface area contributed by atoms with Crippen LogP contribution in [0.2, 0.25) is 0 Å². The molecule has 1 fully saturated rings. The van der Waals surface area contributed by atoms with E-state index in [0.29, 0.717) is 6.10 Å². The molecule has 1 aliphatic rings. The Morgan fingerprint density at radius 1 is 1.59 bits per heavy atom. The van der Waals surface area contributed by atoms with Crippen LogP contribution >= 0.6 is 0 Å². The molecule has 1 aromatic heterocycles. The molecule has 1 aliphatic heterocycles. The summed E-state index contributed by atoms with van der Waals surface area (Å²) in [7, 11) is 0. The van der Waals surface area contributed by atoms with E-state index in [1.54, 1.807) is 6.20 Å². The first-order valence-electron chi connectivity index (χ1n) is 6.32. The summed E-state index contributed by atoms with van der Waals surface area (Å²) in [6, 6.07) is 3.76. The van der Waals surface area contributed by atoms with E-state index in [-0.39, 0.29) is 0 Å². The van der Waals surface area contributed by atoms with E-state index in [0.717, 1.165) is 37.6 Å². The maximum Gasteiger partial charge on any atom is 0.0702 e. The summed E-state index contributed by atoms with van der Waals surface area (Å²) in [5, 5.41) is 0. The van der Waals surface area contributed by atoms with Gasteiger partial charge in [0.15, 0.2) is 0 Å². The molecule has 1 unspecified atom stereocenters. The third-order valence-corrected chi connectivity index (χ3v) is 3.16. The SMILES string of the molecule is CCN(Cc1cc(N)ccn1)CC1CCCO1. The van der Waals surface area contributed by atoms with Gasteiger partial charge in [0.2, 0.25) is 0 Å². The number of hydrogen-bond donors (Lipinski definition) is 1. The van der Waals surface area contributed by atoms with Gasteiger partial charge in [-0.2, -0.15) is 0 Å². The van der Waals surface area contributed by atoms with Gasteiger partial charge in [-0.05, 0) is 31.5 Å². The average Bonchev–Trinajstić information content (AvgIpc) is 2.81. The Labute approximate surface area is 103 Å². The Bertz CT molecular complexity index is 350. The van der Waals surface area contributed by atoms with Crippen molar-refractivity contribution in [2.75, 3.05) is 25.4 Å². The molecule has 2 rings (SSSR count). The molecule has 0 bridgehead atoms. The van der Waals surface area contributed by atoms with Crippen molar-refractivity contribution in [1.82, 2.24) is 9.88 Å². The lowest BCUT2D eigenvalue weighted by Crippen LogP contribution is -2.31. The van der Waals surface area contributed by atoms with Crippen molar-refractivity contribution in [1.29, 1.82) is 0 Å². The van der Waals surface area contributed by atoms with Crippen molar-refractivity contribution in [3.8, 4) is 0 Å². The summed E-state index contributed by atoms with van der Waals surface area (Å²) in [4.78, 5) is 6.70. The minimum Gasteiger partial charge on any atom is -0.399 e. The molecular weight excluding hydrogens is 214 g/mol. The number of pyridine rings is 1. The number of anilines is 1. The zero-order valence-corrected chi connectivity index (χ0v) is 10.4. The van der Waals surface area contributed by atoms with Crippen molar-refractivity contribution < 1.29 is 4.74 Å². The van der Waals surface area contributed by atoms with E-state index in [4.69, 9.17) is 10.5 Å². The smallest absolute Gasteiger partial charge is 0.0702 e. The zero-order chi connectivity index (χ0) is 12.1. The Balaban J connectivity index is 1.90. The van der Waals surface area contributed by atoms with E-state index < -0.39 is 0 Å². The minimum atomic E-state index is 0.399. The number of ether oxygens (including phenoxy) is 1. The molecule has 1 atom stereocenters. The monoisotopic (exact) mass is 235 g/mol. The topological polar surface area (TPSA) is 51.4 Å². The van der Waals surface area contributed by atoms with Gasteiger partial charge in [-0.1, -0.05) is 6.92 Å². The standard InChI is InChI=1S/C13H21N3O/c1-2-16(10-13-4-3-7-17-13)9-12-8-11(14)5-6-15-12/h5-6,8,13H,2-4,7,9-10H2,1H3,(H2,14,15). The van der Waals surface area contributed by atoms with E-state index >= 15 is 0 Å². The van der Waals surface area contributed by atoms with Crippen LogP contribution in [0.1, 0.15) is 25.5 Å². The molecular formula is C13H21N3O. The summed E-state index contributed by atoms with van der Waals surface area (Å²) in [5.41, 5.74) is 7.57. The Morgan fingerprint density at radius 2 is 2.47 bits per heavy atom. The normalized spacial score (nSPS) is 20.0. The van der Waals surface area contributed by atoms with Crippen molar-refractivity contribution in [3.63, 3.8) is 0 Å². The third kappa shape index (κ3) is 3.68. The number of nitrogens with two attached hydrogens (primary N) is 1. The fourth-order valence-corrected chi connectivity index (χ4v) is 2.19. The molecule has 4 heteroatoms. The predicted octanol–water partition coefficient (Wildman–Crippen LogP) is 1.66. The van der Waals surface area contributed by atoms with Crippen molar-refractivity contribution in [3.05, 3.63) is 24.0 Å². The first-order valence-corrected chi connectivity index (χ1v) is 6.32. The van der Waals surface area contributed by atoms with Crippen LogP contribution in [0, 0.1) is 0 Å². The van der Waals surface area contributed by atoms with Crippen LogP contribution in [0.3, 0.4) is 0 Å². The van der Waals surface area contributed by atoms with Crippen LogP contribution in [-0.4, -0.2) is 35.7 Å². The highest BCUT2D eigenvalue weighted by atomic mass is 16.5. The minimum absolute atomic E-state index is 0.399. The number of nitrogen functional groups attached to an aromatic ring is 1. The molecule has 1 saturated heterocycles. The zero-order valence-electron chi connectivity index (χ0n) is 10.4. The van der Waals surface area contributed by atoms with Crippen LogP contribution in [-0.2, 0) is 11.3 Å². The van der Waals surface area contributed by atoms with Crippen LogP contribution in [0.4, 0.5) is 5.69 Å². The summed E-state index contributed by atoms with van der Waals surface area (Å²) in [6.07, 6.45) is 4.54. The second-order valence-corrected chi connectivity index (χ2v) is 4.54. The number of nitrogens with zero attached hydrogens (tertiary/aromatic N) is 2. The third-order valence-electron chi connectivity index (χ3n) is 3.16. The molecule has 0 aromatic carbocycles. The van der Waals surface area contributed by atoms with Gasteiger partial charge in [-0.25, -0.2) is 0 Å². The highest BCUT2D eigenvalue weighted by Crippen LogP contribution is 2.14. The van der Waals surface area contributed by atoms with Gasteiger partial charge in [-0.15, -0.1) is 0 Å². The maximum absolute atomic E-state index is 5.76. The largest absolute Gasteiger partial charge is 0.399 e. The van der Waals surface area contributed by atoms with E-state index in [2.05, 4.69) is 16.8 Å². The molecule has 0 radical (unpaired) electrons. The van der Waals surface area contributed by atoms with E-state index in [1.165, 1.54) is 12.8 Å². The van der Waals surface area contributed by atoms with Crippen molar-refractivity contribution in [2.24, 2.45) is 0 Å². The summed E-state index contributed by atoms with van der Waals surface area (Å²) in [6.45, 7) is 5.94. The van der Waals surface area contributed by atoms with E-state index in [1.807, 2.05) is 12.1 Å². The fourth-order valence-electron chi connectivity index (χ4n) is 2.19. The maximum atomic E-state index is 5.76. The van der Waals surface area contributed by atoms with Crippen molar-refractivity contribution >= 4 is 5.69 Å². The Hall–Kier alpha value is -1.13. The lowest BCUT2D eigenvalue weighted by atomic mass is 10.2. The van der Waals surface area contributed by atoms with Crippen LogP contribution in [0.25, 0.3) is 0 Å². The molecule has 0 amide bonds. The number of aromatic nitrogens is 1. The highest BCUT2D eigenvalue weighted by molar-refractivity contribution is 5.37. The summed E-state index contributed by atoms with van der Waals surface area (Å²) in [5.74, 6) is 0. The first-order chi connectivity index (χ1) is 8.28. The lowest BCUT2D eigenvalue weighted by Gasteiger charge is -2.23. The molecule has 0 saturated carbocycles. The van der Waals surface area contributed by atoms with Gasteiger partial charge < -0.3 is 10.5 Å². The van der Waals surface area contributed by atoms with Gasteiger partial charge >= 0.3 is 0 Å². The van der Waals surface area contributed by atoms with Gasteiger partial charge in [0.1, 0.15) is 0 Å². The van der Waals surface area contributed by atoms with E-state index in [9.17, 15) is 0 Å². The van der Waals surface area contributed by atoms with Crippen LogP contribution < -0.4 is 5.73 Å². The Morgan fingerprint density at radius 3 is 3.12 bits per heavy atom. The predicted molar refractivity (Wildman–Crippen MR) is 68.6 cm³/mol. The van der Waals surface area contributed by atoms with Gasteiger partial charge in [0, 0.05) is 31.6 Å². The van der Waals surface area contributed by atoms with Gasteiger partial charge in [0.05, 0.1) is 11.8 Å². The number of rotatable bonds is 5. The second kappa shape index (κ2) is 5.98. The summed E-state index contributed by atoms with van der Waals surface area (Å²) < 4.78 is 5.66. The van der Waals surface area contributed by atoms with Gasteiger partial charge in [0.25, 0.3) is 0 Å². The fraction of sp³-hybridized carbons (Fsp3) is 0.615. The molecule has 2 heterocycles. The van der Waals surface area contributed by atoms with Crippen molar-refractivity contribution in [2.45, 2.75) is 32.4 Å². The summed E-state index contributed by atoms with van der Waals surface area (Å²) >= 11 is 0. The molecule has 0 aliphatic carbocycles. The molecule has 1 aromatic rings. The quantitative estimate of drug-likeness (QED) is 0.843. The molecule has 94 valence electrons. The average molecular weight is 235 g/mol.